The van der Waals surface area contributed by atoms with Gasteiger partial charge in [0.05, 0.1) is 29.6 Å². The number of sulfonamides is 1. The van der Waals surface area contributed by atoms with Gasteiger partial charge >= 0.3 is 0 Å². The molecule has 13 heteroatoms. The highest BCUT2D eigenvalue weighted by Crippen LogP contribution is 2.31. The molecule has 44 heavy (non-hydrogen) atoms. The number of phenolic OH excluding ortho intramolecular Hbond substituents is 1. The topological polar surface area (TPSA) is 155 Å². The summed E-state index contributed by atoms with van der Waals surface area (Å²) in [7, 11) is -2.71. The van der Waals surface area contributed by atoms with Crippen molar-refractivity contribution in [2.24, 2.45) is 0 Å². The van der Waals surface area contributed by atoms with Gasteiger partial charge in [0.2, 0.25) is 5.91 Å². The van der Waals surface area contributed by atoms with Crippen LogP contribution in [0.25, 0.3) is 11.0 Å². The molecule has 0 unspecified atom stereocenters. The Hall–Kier alpha value is -4.85. The van der Waals surface area contributed by atoms with E-state index in [9.17, 15) is 18.3 Å². The fourth-order valence-corrected chi connectivity index (χ4v) is 6.03. The average Bonchev–Trinajstić information content (AvgIpc) is 3.01. The molecule has 5 N–H and O–H groups in total. The van der Waals surface area contributed by atoms with Crippen molar-refractivity contribution in [2.75, 3.05) is 35.3 Å². The summed E-state index contributed by atoms with van der Waals surface area (Å²) >= 11 is 1.63. The number of hydrogen-bond acceptors (Lipinski definition) is 10. The van der Waals surface area contributed by atoms with Crippen LogP contribution in [0, 0.1) is 0 Å². The Morgan fingerprint density at radius 2 is 1.61 bits per heavy atom. The lowest BCUT2D eigenvalue weighted by atomic mass is 10.2. The van der Waals surface area contributed by atoms with Crippen molar-refractivity contribution in [3.8, 4) is 11.5 Å². The number of nitrogens with one attached hydrogen (secondary N) is 4. The quantitative estimate of drug-likeness (QED) is 0.114. The number of aromatic hydroxyl groups is 1. The van der Waals surface area contributed by atoms with Gasteiger partial charge in [0, 0.05) is 41.0 Å². The van der Waals surface area contributed by atoms with Crippen LogP contribution < -0.4 is 25.4 Å². The Kier molecular flexibility index (Phi) is 9.48. The van der Waals surface area contributed by atoms with E-state index in [-0.39, 0.29) is 34.7 Å². The van der Waals surface area contributed by atoms with Crippen LogP contribution in [0.1, 0.15) is 5.56 Å². The highest BCUT2D eigenvalue weighted by atomic mass is 32.2. The van der Waals surface area contributed by atoms with E-state index >= 15 is 0 Å². The summed E-state index contributed by atoms with van der Waals surface area (Å²) in [5.41, 5.74) is 2.81. The lowest BCUT2D eigenvalue weighted by molar-refractivity contribution is -0.115. The van der Waals surface area contributed by atoms with Gasteiger partial charge in [-0.3, -0.25) is 9.52 Å². The average molecular weight is 631 g/mol. The molecule has 5 aromatic rings. The van der Waals surface area contributed by atoms with Crippen molar-refractivity contribution < 1.29 is 23.1 Å². The fraction of sp³-hybridized carbons (Fsp3) is 0.129. The molecule has 0 aliphatic carbocycles. The van der Waals surface area contributed by atoms with Crippen molar-refractivity contribution in [2.45, 2.75) is 16.3 Å². The first-order valence-electron chi connectivity index (χ1n) is 13.4. The van der Waals surface area contributed by atoms with Gasteiger partial charge in [-0.05, 0) is 48.2 Å². The van der Waals surface area contributed by atoms with Crippen molar-refractivity contribution in [3.05, 3.63) is 96.6 Å². The molecule has 0 fully saturated rings. The maximum absolute atomic E-state index is 13.5. The second-order valence-corrected chi connectivity index (χ2v) is 12.1. The van der Waals surface area contributed by atoms with Crippen molar-refractivity contribution in [1.82, 2.24) is 15.3 Å². The third-order valence-corrected chi connectivity index (χ3v) is 8.59. The molecule has 5 rings (SSSR count). The van der Waals surface area contributed by atoms with Crippen molar-refractivity contribution in [3.63, 3.8) is 0 Å². The van der Waals surface area contributed by atoms with Gasteiger partial charge in [-0.25, -0.2) is 18.4 Å². The summed E-state index contributed by atoms with van der Waals surface area (Å²) in [6.45, 7) is 0.556. The van der Waals surface area contributed by atoms with Crippen LogP contribution in [0.4, 0.5) is 23.0 Å². The predicted octanol–water partition coefficient (Wildman–Crippen LogP) is 5.34. The summed E-state index contributed by atoms with van der Waals surface area (Å²) in [6.07, 6.45) is 2.00. The normalized spacial score (nSPS) is 11.2. The van der Waals surface area contributed by atoms with E-state index in [4.69, 9.17) is 4.74 Å². The number of aromatic nitrogens is 2. The second-order valence-electron chi connectivity index (χ2n) is 9.55. The van der Waals surface area contributed by atoms with Crippen molar-refractivity contribution in [1.29, 1.82) is 0 Å². The molecule has 0 radical (unpaired) electrons. The number of ether oxygens (including phenoxy) is 1. The lowest BCUT2D eigenvalue weighted by Crippen LogP contribution is -2.28. The first-order chi connectivity index (χ1) is 21.2. The zero-order valence-electron chi connectivity index (χ0n) is 23.9. The fourth-order valence-electron chi connectivity index (χ4n) is 4.36. The molecule has 0 atom stereocenters. The highest BCUT2D eigenvalue weighted by Gasteiger charge is 2.20. The molecule has 4 aromatic carbocycles. The summed E-state index contributed by atoms with van der Waals surface area (Å²) in [5, 5.41) is 19.0. The molecule has 0 saturated carbocycles. The largest absolute Gasteiger partial charge is 0.508 e. The Balaban J connectivity index is 1.33. The number of benzene rings is 4. The number of methoxy groups -OCH3 is 1. The first-order valence-corrected chi connectivity index (χ1v) is 16.1. The SMILES string of the molecule is COc1cc(O)cc(Nc2nc3ccccc3nc2NS(=O)(=O)c2cccc(NC(=O)CNCc3ccccc3SC)c2)c1. The Morgan fingerprint density at radius 3 is 2.36 bits per heavy atom. The minimum absolute atomic E-state index is 0.0411. The monoisotopic (exact) mass is 630 g/mol. The van der Waals surface area contributed by atoms with Crippen LogP contribution in [-0.2, 0) is 21.4 Å². The van der Waals surface area contributed by atoms with Crippen LogP contribution in [0.3, 0.4) is 0 Å². The molecule has 226 valence electrons. The Labute approximate surface area is 259 Å². The van der Waals surface area contributed by atoms with Crippen LogP contribution in [0.15, 0.2) is 101 Å². The third kappa shape index (κ3) is 7.56. The van der Waals surface area contributed by atoms with Gasteiger partial charge in [-0.1, -0.05) is 36.4 Å². The molecule has 11 nitrogen and oxygen atoms in total. The number of nitrogens with zero attached hydrogens (tertiary/aromatic N) is 2. The van der Waals surface area contributed by atoms with E-state index in [1.807, 2.05) is 30.5 Å². The molecule has 1 amide bonds. The predicted molar refractivity (Wildman–Crippen MR) is 173 cm³/mol. The molecule has 0 saturated heterocycles. The number of carbonyl (C=O) groups excluding carboxylic acids is 1. The number of para-hydroxylation sites is 2. The summed E-state index contributed by atoms with van der Waals surface area (Å²) in [6, 6.07) is 25.4. The summed E-state index contributed by atoms with van der Waals surface area (Å²) in [4.78, 5) is 22.7. The van der Waals surface area contributed by atoms with Gasteiger partial charge in [0.1, 0.15) is 11.5 Å². The van der Waals surface area contributed by atoms with Gasteiger partial charge in [0.25, 0.3) is 10.0 Å². The molecule has 0 aliphatic rings. The molecule has 0 spiro atoms. The zero-order valence-corrected chi connectivity index (χ0v) is 25.5. The van der Waals surface area contributed by atoms with Gasteiger partial charge in [-0.15, -0.1) is 11.8 Å². The van der Waals surface area contributed by atoms with Gasteiger partial charge < -0.3 is 25.8 Å². The van der Waals surface area contributed by atoms with Crippen molar-refractivity contribution >= 4 is 61.7 Å². The van der Waals surface area contributed by atoms with E-state index in [0.717, 1.165) is 10.5 Å². The van der Waals surface area contributed by atoms with E-state index in [1.165, 1.54) is 37.4 Å². The van der Waals surface area contributed by atoms with Crippen LogP contribution >= 0.6 is 11.8 Å². The highest BCUT2D eigenvalue weighted by molar-refractivity contribution is 7.98. The van der Waals surface area contributed by atoms with Crippen LogP contribution in [0.2, 0.25) is 0 Å². The molecule has 0 bridgehead atoms. The smallest absolute Gasteiger partial charge is 0.263 e. The minimum atomic E-state index is -4.17. The summed E-state index contributed by atoms with van der Waals surface area (Å²) < 4.78 is 34.8. The van der Waals surface area contributed by atoms with Gasteiger partial charge in [-0.2, -0.15) is 0 Å². The molecule has 0 aliphatic heterocycles. The van der Waals surface area contributed by atoms with E-state index in [0.29, 0.717) is 34.7 Å². The number of rotatable bonds is 12. The van der Waals surface area contributed by atoms with E-state index in [1.54, 1.807) is 48.2 Å². The molecular weight excluding hydrogens is 601 g/mol. The Bertz CT molecular complexity index is 1920. The number of fused-ring (bicyclic) bond motifs is 1. The lowest BCUT2D eigenvalue weighted by Gasteiger charge is -2.15. The maximum Gasteiger partial charge on any atom is 0.263 e. The third-order valence-electron chi connectivity index (χ3n) is 6.41. The first kappa shape index (κ1) is 30.6. The second kappa shape index (κ2) is 13.6. The van der Waals surface area contributed by atoms with E-state index < -0.39 is 10.0 Å². The molecule has 1 heterocycles. The number of hydrogen-bond donors (Lipinski definition) is 5. The molecular formula is C31H30N6O5S2. The Morgan fingerprint density at radius 1 is 0.886 bits per heavy atom. The number of anilines is 4. The standard InChI is InChI=1S/C31H30N6O5S2/c1-42-24-15-22(14-23(38)17-24)34-30-31(36-27-12-5-4-11-26(27)35-30)37-44(40,41)25-10-7-9-21(16-25)33-29(39)19-32-18-20-8-3-6-13-28(20)43-2/h3-17,32,38H,18-19H2,1-2H3,(H,33,39)(H,34,35)(H,36,37). The van der Waals surface area contributed by atoms with Crippen LogP contribution in [-0.4, -0.2) is 49.3 Å². The zero-order chi connectivity index (χ0) is 31.1. The number of thioether (sulfide) groups is 1. The summed E-state index contributed by atoms with van der Waals surface area (Å²) in [5.74, 6) is 0.0695. The minimum Gasteiger partial charge on any atom is -0.508 e. The van der Waals surface area contributed by atoms with Gasteiger partial charge in [0.15, 0.2) is 11.6 Å². The molecule has 1 aromatic heterocycles. The van der Waals surface area contributed by atoms with E-state index in [2.05, 4.69) is 30.6 Å². The van der Waals surface area contributed by atoms with Crippen LogP contribution in [0.5, 0.6) is 11.5 Å². The number of amides is 1. The number of phenols is 1. The maximum atomic E-state index is 13.5. The number of carbonyl (C=O) groups is 1.